The third-order valence-corrected chi connectivity index (χ3v) is 6.02. The predicted molar refractivity (Wildman–Crippen MR) is 135 cm³/mol. The van der Waals surface area contributed by atoms with Gasteiger partial charge < -0.3 is 9.64 Å². The van der Waals surface area contributed by atoms with Gasteiger partial charge in [-0.3, -0.25) is 4.90 Å². The van der Waals surface area contributed by atoms with Gasteiger partial charge in [-0.2, -0.15) is 0 Å². The number of hydrogen-bond acceptors (Lipinski definition) is 3. The fraction of sp³-hybridized carbons (Fsp3) is 0.478. The van der Waals surface area contributed by atoms with Crippen LogP contribution in [0.3, 0.4) is 0 Å². The van der Waals surface area contributed by atoms with E-state index in [9.17, 15) is 0 Å². The van der Waals surface area contributed by atoms with Gasteiger partial charge >= 0.3 is 0 Å². The monoisotopic (exact) mass is 492 g/mol. The van der Waals surface area contributed by atoms with Crippen LogP contribution in [-0.4, -0.2) is 44.2 Å². The van der Waals surface area contributed by atoms with Crippen molar-refractivity contribution in [3.05, 3.63) is 58.6 Å². The van der Waals surface area contributed by atoms with Crippen LogP contribution in [0.1, 0.15) is 30.4 Å². The predicted octanol–water partition coefficient (Wildman–Crippen LogP) is 6.08. The molecular weight excluding hydrogens is 462 g/mol. The molecule has 3 nitrogen and oxygen atoms in total. The maximum atomic E-state index is 5.98. The highest BCUT2D eigenvalue weighted by atomic mass is 35.5. The van der Waals surface area contributed by atoms with Gasteiger partial charge in [0, 0.05) is 36.9 Å². The van der Waals surface area contributed by atoms with Gasteiger partial charge in [0.05, 0.1) is 6.61 Å². The van der Waals surface area contributed by atoms with Crippen LogP contribution < -0.4 is 9.64 Å². The molecule has 168 valence electrons. The lowest BCUT2D eigenvalue weighted by molar-refractivity contribution is 0.238. The Kier molecular flexibility index (Phi) is 12.3. The summed E-state index contributed by atoms with van der Waals surface area (Å²) in [5.74, 6) is 1.05. The zero-order valence-electron chi connectivity index (χ0n) is 17.2. The summed E-state index contributed by atoms with van der Waals surface area (Å²) in [6, 6.07) is 14.8. The molecule has 1 saturated heterocycles. The number of nitrogens with zero attached hydrogens (tertiary/aromatic N) is 2. The number of rotatable bonds is 7. The minimum absolute atomic E-state index is 0. The molecule has 0 aromatic heterocycles. The van der Waals surface area contributed by atoms with Gasteiger partial charge in [0.1, 0.15) is 5.75 Å². The Hall–Kier alpha value is -0.840. The number of anilines is 1. The lowest BCUT2D eigenvalue weighted by Crippen LogP contribution is -2.46. The van der Waals surface area contributed by atoms with E-state index in [-0.39, 0.29) is 37.2 Å². The van der Waals surface area contributed by atoms with Gasteiger partial charge in [0.15, 0.2) is 0 Å². The highest BCUT2D eigenvalue weighted by Crippen LogP contribution is 2.26. The van der Waals surface area contributed by atoms with Crippen LogP contribution in [0.25, 0.3) is 0 Å². The normalized spacial score (nSPS) is 15.4. The number of piperazine rings is 1. The van der Waals surface area contributed by atoms with Crippen molar-refractivity contribution in [1.82, 2.24) is 4.90 Å². The molecule has 0 radical (unpaired) electrons. The topological polar surface area (TPSA) is 15.7 Å². The summed E-state index contributed by atoms with van der Waals surface area (Å²) < 4.78 is 5.97. The Morgan fingerprint density at radius 1 is 0.800 bits per heavy atom. The first-order valence-electron chi connectivity index (χ1n) is 10.3. The molecule has 7 heteroatoms. The Morgan fingerprint density at radius 3 is 2.23 bits per heavy atom. The quantitative estimate of drug-likeness (QED) is 0.435. The number of aryl methyl sites for hydroxylation is 2. The molecule has 0 atom stereocenters. The van der Waals surface area contributed by atoms with Gasteiger partial charge in [-0.15, -0.1) is 37.2 Å². The van der Waals surface area contributed by atoms with E-state index in [4.69, 9.17) is 16.3 Å². The van der Waals surface area contributed by atoms with Crippen LogP contribution in [0.4, 0.5) is 5.69 Å². The van der Waals surface area contributed by atoms with E-state index in [1.807, 2.05) is 12.1 Å². The molecule has 0 spiro atoms. The van der Waals surface area contributed by atoms with Gasteiger partial charge in [-0.05, 0) is 86.2 Å². The first-order chi connectivity index (χ1) is 13.3. The SMILES string of the molecule is Cl.Cl.Cl.Clc1ccc(N2CCN(CCCCOc3ccc4c(c3)CCC4)CC2)cc1. The Bertz CT molecular complexity index is 749. The Morgan fingerprint density at radius 2 is 1.50 bits per heavy atom. The number of hydrogen-bond donors (Lipinski definition) is 0. The average molecular weight is 494 g/mol. The van der Waals surface area contributed by atoms with Crippen LogP contribution in [0.5, 0.6) is 5.75 Å². The van der Waals surface area contributed by atoms with E-state index in [0.29, 0.717) is 0 Å². The lowest BCUT2D eigenvalue weighted by Gasteiger charge is -2.36. The summed E-state index contributed by atoms with van der Waals surface area (Å²) in [4.78, 5) is 5.02. The summed E-state index contributed by atoms with van der Waals surface area (Å²) in [5, 5.41) is 0.805. The average Bonchev–Trinajstić information content (AvgIpc) is 3.17. The zero-order chi connectivity index (χ0) is 18.5. The highest BCUT2D eigenvalue weighted by molar-refractivity contribution is 6.30. The molecule has 0 unspecified atom stereocenters. The first-order valence-corrected chi connectivity index (χ1v) is 10.6. The van der Waals surface area contributed by atoms with Crippen LogP contribution >= 0.6 is 48.8 Å². The van der Waals surface area contributed by atoms with E-state index in [0.717, 1.165) is 50.0 Å². The number of unbranched alkanes of at least 4 members (excludes halogenated alkanes) is 1. The van der Waals surface area contributed by atoms with Crippen LogP contribution in [-0.2, 0) is 12.8 Å². The van der Waals surface area contributed by atoms with Crippen molar-refractivity contribution in [2.45, 2.75) is 32.1 Å². The van der Waals surface area contributed by atoms with Crippen molar-refractivity contribution in [3.8, 4) is 5.75 Å². The first kappa shape index (κ1) is 27.2. The molecule has 2 aliphatic rings. The van der Waals surface area contributed by atoms with E-state index in [2.05, 4.69) is 40.1 Å². The van der Waals surface area contributed by atoms with Gasteiger partial charge in [-0.25, -0.2) is 0 Å². The molecule has 1 heterocycles. The van der Waals surface area contributed by atoms with Crippen molar-refractivity contribution >= 4 is 54.5 Å². The standard InChI is InChI=1S/C23H29ClN2O.3ClH/c24-21-7-9-22(10-8-21)26-15-13-25(14-16-26)12-1-2-17-27-23-11-6-19-4-3-5-20(19)18-23;;;/h6-11,18H,1-5,12-17H2;3*1H. The van der Waals surface area contributed by atoms with Crippen LogP contribution in [0.2, 0.25) is 5.02 Å². The van der Waals surface area contributed by atoms with E-state index in [1.54, 1.807) is 0 Å². The summed E-state index contributed by atoms with van der Waals surface area (Å²) in [7, 11) is 0. The molecule has 0 N–H and O–H groups in total. The number of fused-ring (bicyclic) bond motifs is 1. The number of ether oxygens (including phenoxy) is 1. The van der Waals surface area contributed by atoms with Crippen molar-refractivity contribution in [3.63, 3.8) is 0 Å². The fourth-order valence-electron chi connectivity index (χ4n) is 4.15. The second kappa shape index (κ2) is 13.5. The maximum Gasteiger partial charge on any atom is 0.119 e. The molecule has 0 bridgehead atoms. The molecule has 30 heavy (non-hydrogen) atoms. The van der Waals surface area contributed by atoms with Crippen LogP contribution in [0, 0.1) is 0 Å². The van der Waals surface area contributed by atoms with Crippen molar-refractivity contribution in [2.24, 2.45) is 0 Å². The Balaban J connectivity index is 0.00000150. The molecule has 1 aliphatic carbocycles. The number of benzene rings is 2. The third kappa shape index (κ3) is 7.39. The molecule has 0 saturated carbocycles. The van der Waals surface area contributed by atoms with Gasteiger partial charge in [-0.1, -0.05) is 17.7 Å². The van der Waals surface area contributed by atoms with Crippen molar-refractivity contribution in [2.75, 3.05) is 44.2 Å². The van der Waals surface area contributed by atoms with Crippen molar-refractivity contribution < 1.29 is 4.74 Å². The Labute approximate surface area is 204 Å². The summed E-state index contributed by atoms with van der Waals surface area (Å²) in [5.41, 5.74) is 4.29. The van der Waals surface area contributed by atoms with Crippen molar-refractivity contribution in [1.29, 1.82) is 0 Å². The van der Waals surface area contributed by atoms with Crippen LogP contribution in [0.15, 0.2) is 42.5 Å². The summed E-state index contributed by atoms with van der Waals surface area (Å²) >= 11 is 5.98. The summed E-state index contributed by atoms with van der Waals surface area (Å²) in [6.45, 7) is 6.44. The smallest absolute Gasteiger partial charge is 0.119 e. The largest absolute Gasteiger partial charge is 0.494 e. The molecule has 1 aliphatic heterocycles. The molecule has 1 fully saturated rings. The van der Waals surface area contributed by atoms with E-state index < -0.39 is 0 Å². The molecule has 4 rings (SSSR count). The lowest BCUT2D eigenvalue weighted by atomic mass is 10.1. The minimum Gasteiger partial charge on any atom is -0.494 e. The maximum absolute atomic E-state index is 5.98. The molecule has 2 aromatic carbocycles. The van der Waals surface area contributed by atoms with Gasteiger partial charge in [0.2, 0.25) is 0 Å². The second-order valence-corrected chi connectivity index (χ2v) is 8.08. The number of halogens is 4. The molecular formula is C23H32Cl4N2O. The van der Waals surface area contributed by atoms with E-state index in [1.165, 1.54) is 49.0 Å². The fourth-order valence-corrected chi connectivity index (χ4v) is 4.27. The summed E-state index contributed by atoms with van der Waals surface area (Å²) in [6.07, 6.45) is 6.07. The zero-order valence-corrected chi connectivity index (χ0v) is 20.4. The molecule has 0 amide bonds. The minimum atomic E-state index is 0. The van der Waals surface area contributed by atoms with Gasteiger partial charge in [0.25, 0.3) is 0 Å². The highest BCUT2D eigenvalue weighted by Gasteiger charge is 2.16. The third-order valence-electron chi connectivity index (χ3n) is 5.77. The van der Waals surface area contributed by atoms with E-state index >= 15 is 0 Å². The molecule has 2 aromatic rings. The second-order valence-electron chi connectivity index (χ2n) is 7.64.